The molecular weight excluding hydrogens is 448 g/mol. The normalized spacial score (nSPS) is 20.4. The predicted molar refractivity (Wildman–Crippen MR) is 128 cm³/mol. The molecule has 3 aliphatic carbocycles. The molecule has 0 saturated heterocycles. The van der Waals surface area contributed by atoms with Crippen molar-refractivity contribution in [2.45, 2.75) is 56.0 Å². The van der Waals surface area contributed by atoms with E-state index in [0.717, 1.165) is 41.5 Å². The molecule has 35 heavy (non-hydrogen) atoms. The van der Waals surface area contributed by atoms with Gasteiger partial charge in [0.05, 0.1) is 6.61 Å². The summed E-state index contributed by atoms with van der Waals surface area (Å²) in [5.41, 5.74) is 1.33. The molecule has 4 N–H and O–H groups in total. The molecule has 0 bridgehead atoms. The molecule has 0 heterocycles. The van der Waals surface area contributed by atoms with E-state index in [-0.39, 0.29) is 17.9 Å². The van der Waals surface area contributed by atoms with Gasteiger partial charge in [0.15, 0.2) is 5.54 Å². The zero-order valence-electron chi connectivity index (χ0n) is 19.7. The number of rotatable bonds is 7. The minimum Gasteiger partial charge on any atom is -0.479 e. The molecule has 184 valence electrons. The Hall–Kier alpha value is -3.39. The van der Waals surface area contributed by atoms with Crippen LogP contribution < -0.4 is 10.6 Å². The van der Waals surface area contributed by atoms with Gasteiger partial charge in [0.2, 0.25) is 5.91 Å². The fourth-order valence-electron chi connectivity index (χ4n) is 5.93. The van der Waals surface area contributed by atoms with Crippen LogP contribution in [0.15, 0.2) is 48.5 Å². The van der Waals surface area contributed by atoms with E-state index in [4.69, 9.17) is 4.74 Å². The maximum atomic E-state index is 13.2. The number of amides is 2. The number of fused-ring (bicyclic) bond motifs is 3. The van der Waals surface area contributed by atoms with Gasteiger partial charge in [0.25, 0.3) is 0 Å². The Morgan fingerprint density at radius 3 is 2.09 bits per heavy atom. The van der Waals surface area contributed by atoms with E-state index in [1.165, 1.54) is 6.92 Å². The molecule has 3 aliphatic rings. The average Bonchev–Trinajstić information content (AvgIpc) is 3.12. The number of hydrogen-bond donors (Lipinski definition) is 4. The molecule has 0 radical (unpaired) electrons. The lowest BCUT2D eigenvalue weighted by Gasteiger charge is -2.60. The molecule has 1 spiro atoms. The molecule has 2 aromatic rings. The Labute approximate surface area is 203 Å². The highest BCUT2D eigenvalue weighted by atomic mass is 16.5. The molecule has 2 fully saturated rings. The number of carbonyl (C=O) groups excluding carboxylic acids is 2. The lowest BCUT2D eigenvalue weighted by Crippen LogP contribution is -2.73. The summed E-state index contributed by atoms with van der Waals surface area (Å²) >= 11 is 0. The molecule has 1 unspecified atom stereocenters. The smallest absolute Gasteiger partial charge is 0.408 e. The number of carboxylic acid groups (broad SMARTS) is 1. The molecule has 8 nitrogen and oxygen atoms in total. The minimum atomic E-state index is -1.84. The second kappa shape index (κ2) is 8.37. The first kappa shape index (κ1) is 23.4. The first-order valence-electron chi connectivity index (χ1n) is 12.0. The van der Waals surface area contributed by atoms with Gasteiger partial charge in [0.1, 0.15) is 12.1 Å². The van der Waals surface area contributed by atoms with Crippen molar-refractivity contribution in [2.75, 3.05) is 13.2 Å². The van der Waals surface area contributed by atoms with Crippen molar-refractivity contribution < 1.29 is 29.3 Å². The first-order chi connectivity index (χ1) is 16.7. The molecule has 5 rings (SSSR count). The molecule has 0 aromatic heterocycles. The van der Waals surface area contributed by atoms with Crippen molar-refractivity contribution in [1.82, 2.24) is 10.6 Å². The molecule has 2 saturated carbocycles. The van der Waals surface area contributed by atoms with Crippen LogP contribution in [-0.2, 0) is 14.3 Å². The van der Waals surface area contributed by atoms with Crippen molar-refractivity contribution in [3.63, 3.8) is 0 Å². The Balaban J connectivity index is 1.30. The van der Waals surface area contributed by atoms with E-state index >= 15 is 0 Å². The molecule has 0 aliphatic heterocycles. The van der Waals surface area contributed by atoms with E-state index in [1.54, 1.807) is 0 Å². The van der Waals surface area contributed by atoms with Crippen molar-refractivity contribution >= 4 is 18.0 Å². The van der Waals surface area contributed by atoms with Crippen molar-refractivity contribution in [3.8, 4) is 11.1 Å². The van der Waals surface area contributed by atoms with Crippen LogP contribution >= 0.6 is 0 Å². The number of benzene rings is 2. The number of carbonyl (C=O) groups is 3. The number of ether oxygens (including phenoxy) is 1. The monoisotopic (exact) mass is 478 g/mol. The minimum absolute atomic E-state index is 0.00674. The Morgan fingerprint density at radius 1 is 1.03 bits per heavy atom. The number of aliphatic carboxylic acids is 1. The second-order valence-electron chi connectivity index (χ2n) is 10.5. The van der Waals surface area contributed by atoms with Crippen LogP contribution in [0, 0.1) is 5.41 Å². The summed E-state index contributed by atoms with van der Waals surface area (Å²) in [6.07, 6.45) is 3.17. The Bertz CT molecular complexity index is 1140. The highest BCUT2D eigenvalue weighted by Crippen LogP contribution is 2.60. The van der Waals surface area contributed by atoms with Crippen LogP contribution in [0.2, 0.25) is 0 Å². The molecule has 2 aromatic carbocycles. The van der Waals surface area contributed by atoms with Gasteiger partial charge >= 0.3 is 12.1 Å². The summed E-state index contributed by atoms with van der Waals surface area (Å²) in [7, 11) is 0. The van der Waals surface area contributed by atoms with Crippen LogP contribution in [0.3, 0.4) is 0 Å². The largest absolute Gasteiger partial charge is 0.479 e. The predicted octanol–water partition coefficient (Wildman–Crippen LogP) is 3.18. The SMILES string of the molecule is CC(CO)(NC(=O)C1(NC(=O)OCC2c3ccccc3-c3ccccc32)CC2(CCC2)C1)C(=O)O. The first-order valence-corrected chi connectivity index (χ1v) is 12.0. The highest BCUT2D eigenvalue weighted by Gasteiger charge is 2.62. The fourth-order valence-corrected chi connectivity index (χ4v) is 5.93. The molecule has 1 atom stereocenters. The number of aliphatic hydroxyl groups is 1. The fraction of sp³-hybridized carbons (Fsp3) is 0.444. The Morgan fingerprint density at radius 2 is 1.60 bits per heavy atom. The third kappa shape index (κ3) is 3.86. The summed E-state index contributed by atoms with van der Waals surface area (Å²) in [6.45, 7) is 0.596. The van der Waals surface area contributed by atoms with E-state index in [1.807, 2.05) is 36.4 Å². The van der Waals surface area contributed by atoms with Gasteiger partial charge in [-0.2, -0.15) is 0 Å². The zero-order chi connectivity index (χ0) is 24.8. The third-order valence-corrected chi connectivity index (χ3v) is 8.07. The van der Waals surface area contributed by atoms with E-state index < -0.39 is 35.7 Å². The standard InChI is InChI=1S/C27H30N2O6/c1-25(16-30,23(32)33)28-22(31)27(14-26(15-27)11-6-12-26)29-24(34)35-13-21-19-9-4-2-7-17(19)18-8-3-5-10-20(18)21/h2-5,7-10,21,30H,6,11-16H2,1H3,(H,28,31)(H,29,34)(H,32,33). The lowest BCUT2D eigenvalue weighted by molar-refractivity contribution is -0.155. The van der Waals surface area contributed by atoms with E-state index in [0.29, 0.717) is 12.8 Å². The molecule has 2 amide bonds. The third-order valence-electron chi connectivity index (χ3n) is 8.07. The van der Waals surface area contributed by atoms with Gasteiger partial charge in [0, 0.05) is 5.92 Å². The number of carboxylic acids is 1. The maximum Gasteiger partial charge on any atom is 0.408 e. The lowest BCUT2D eigenvalue weighted by atomic mass is 9.48. The van der Waals surface area contributed by atoms with Crippen LogP contribution in [-0.4, -0.2) is 52.5 Å². The maximum absolute atomic E-state index is 13.2. The van der Waals surface area contributed by atoms with Gasteiger partial charge in [-0.3, -0.25) is 4.79 Å². The van der Waals surface area contributed by atoms with E-state index in [9.17, 15) is 24.6 Å². The van der Waals surface area contributed by atoms with Crippen molar-refractivity contribution in [3.05, 3.63) is 59.7 Å². The summed E-state index contributed by atoms with van der Waals surface area (Å²) in [5.74, 6) is -2.06. The molecular formula is C27H30N2O6. The van der Waals surface area contributed by atoms with E-state index in [2.05, 4.69) is 22.8 Å². The number of hydrogen-bond acceptors (Lipinski definition) is 5. The summed E-state index contributed by atoms with van der Waals surface area (Å²) in [6, 6.07) is 16.1. The number of nitrogens with one attached hydrogen (secondary N) is 2. The van der Waals surface area contributed by atoms with Gasteiger partial charge in [-0.15, -0.1) is 0 Å². The Kier molecular flexibility index (Phi) is 5.59. The quantitative estimate of drug-likeness (QED) is 0.484. The number of aliphatic hydroxyl groups excluding tert-OH is 1. The number of alkyl carbamates (subject to hydrolysis) is 1. The highest BCUT2D eigenvalue weighted by molar-refractivity contribution is 5.95. The summed E-state index contributed by atoms with van der Waals surface area (Å²) in [5, 5.41) is 24.2. The summed E-state index contributed by atoms with van der Waals surface area (Å²) in [4.78, 5) is 37.8. The average molecular weight is 479 g/mol. The zero-order valence-corrected chi connectivity index (χ0v) is 19.7. The molecule has 8 heteroatoms. The van der Waals surface area contributed by atoms with Crippen LogP contribution in [0.25, 0.3) is 11.1 Å². The van der Waals surface area contributed by atoms with Crippen molar-refractivity contribution in [2.24, 2.45) is 5.41 Å². The van der Waals surface area contributed by atoms with Crippen molar-refractivity contribution in [1.29, 1.82) is 0 Å². The van der Waals surface area contributed by atoms with Gasteiger partial charge in [-0.1, -0.05) is 55.0 Å². The van der Waals surface area contributed by atoms with Gasteiger partial charge in [-0.25, -0.2) is 9.59 Å². The topological polar surface area (TPSA) is 125 Å². The van der Waals surface area contributed by atoms with Gasteiger partial charge < -0.3 is 25.6 Å². The summed E-state index contributed by atoms with van der Waals surface area (Å²) < 4.78 is 5.65. The van der Waals surface area contributed by atoms with Crippen LogP contribution in [0.5, 0.6) is 0 Å². The van der Waals surface area contributed by atoms with Crippen LogP contribution in [0.4, 0.5) is 4.79 Å². The second-order valence-corrected chi connectivity index (χ2v) is 10.5. The van der Waals surface area contributed by atoms with Crippen LogP contribution in [0.1, 0.15) is 56.1 Å². The van der Waals surface area contributed by atoms with Gasteiger partial charge in [-0.05, 0) is 60.3 Å².